The number of Topliss-reactive ketones (excluding diaryl/α,β-unsaturated/α-hetero) is 1. The van der Waals surface area contributed by atoms with Gasteiger partial charge in [0.15, 0.2) is 0 Å². The molecule has 264 valence electrons. The number of benzene rings is 2. The minimum Gasteiger partial charge on any atom is -0.439 e. The number of ketones is 2. The zero-order chi connectivity index (χ0) is 36.2. The van der Waals surface area contributed by atoms with Crippen LogP contribution in [0.4, 0.5) is 5.69 Å². The van der Waals surface area contributed by atoms with Crippen LogP contribution >= 0.6 is 0 Å². The first-order valence-corrected chi connectivity index (χ1v) is 18.0. The summed E-state index contributed by atoms with van der Waals surface area (Å²) in [5.41, 5.74) is 0.492. The number of nitrogens with one attached hydrogen (secondary N) is 3. The van der Waals surface area contributed by atoms with Gasteiger partial charge in [-0.3, -0.25) is 28.5 Å². The predicted molar refractivity (Wildman–Crippen MR) is 192 cm³/mol. The van der Waals surface area contributed by atoms with Crippen molar-refractivity contribution in [3.8, 4) is 17.3 Å². The van der Waals surface area contributed by atoms with Gasteiger partial charge in [0.05, 0.1) is 18.3 Å². The van der Waals surface area contributed by atoms with Crippen molar-refractivity contribution in [1.29, 1.82) is 0 Å². The highest BCUT2D eigenvalue weighted by atomic mass is 32.2. The van der Waals surface area contributed by atoms with Crippen LogP contribution in [0.15, 0.2) is 120 Å². The molecular formula is C37H38N6O7S. The first-order chi connectivity index (χ1) is 24.6. The summed E-state index contributed by atoms with van der Waals surface area (Å²) in [5, 5.41) is 2.71. The van der Waals surface area contributed by atoms with E-state index in [0.29, 0.717) is 24.2 Å². The van der Waals surface area contributed by atoms with Gasteiger partial charge < -0.3 is 10.1 Å². The Morgan fingerprint density at radius 2 is 1.61 bits per heavy atom. The molecule has 2 aromatic carbocycles. The minimum atomic E-state index is -4.16. The Labute approximate surface area is 295 Å². The van der Waals surface area contributed by atoms with Crippen molar-refractivity contribution in [3.05, 3.63) is 131 Å². The number of hydrogen-bond acceptors (Lipinski definition) is 9. The number of carbonyl (C=O) groups is 3. The topological polar surface area (TPSA) is 178 Å². The molecule has 13 nitrogen and oxygen atoms in total. The Morgan fingerprint density at radius 1 is 0.882 bits per heavy atom. The Bertz CT molecular complexity index is 2080. The average Bonchev–Trinajstić information content (AvgIpc) is 3.14. The van der Waals surface area contributed by atoms with Gasteiger partial charge in [0.2, 0.25) is 23.4 Å². The second-order valence-corrected chi connectivity index (χ2v) is 13.2. The number of carbonyl (C=O) groups excluding carboxylic acids is 3. The fourth-order valence-electron chi connectivity index (χ4n) is 5.42. The summed E-state index contributed by atoms with van der Waals surface area (Å²) in [6.45, 7) is 1.75. The maximum absolute atomic E-state index is 14.1. The van der Waals surface area contributed by atoms with E-state index in [1.54, 1.807) is 66.7 Å². The summed E-state index contributed by atoms with van der Waals surface area (Å²) >= 11 is 0. The largest absolute Gasteiger partial charge is 0.439 e. The third kappa shape index (κ3) is 9.93. The van der Waals surface area contributed by atoms with Gasteiger partial charge in [-0.2, -0.15) is 13.1 Å². The van der Waals surface area contributed by atoms with Crippen LogP contribution in [0.25, 0.3) is 11.4 Å². The maximum atomic E-state index is 14.1. The number of rotatable bonds is 17. The van der Waals surface area contributed by atoms with E-state index in [2.05, 4.69) is 24.7 Å². The number of ether oxygens (including phenoxy) is 1. The molecule has 0 bridgehead atoms. The second kappa shape index (κ2) is 17.3. The van der Waals surface area contributed by atoms with Crippen LogP contribution in [-0.4, -0.2) is 47.0 Å². The number of unbranched alkanes of at least 4 members (excludes halogenated alkanes) is 1. The van der Waals surface area contributed by atoms with Gasteiger partial charge in [-0.25, -0.2) is 9.97 Å². The summed E-state index contributed by atoms with van der Waals surface area (Å²) in [5.74, 6) is -1.33. The Hall–Kier alpha value is -5.73. The van der Waals surface area contributed by atoms with Crippen LogP contribution in [0.2, 0.25) is 0 Å². The van der Waals surface area contributed by atoms with E-state index in [1.165, 1.54) is 23.0 Å². The summed E-state index contributed by atoms with van der Waals surface area (Å²) in [4.78, 5) is 60.9. The molecule has 14 heteroatoms. The highest BCUT2D eigenvalue weighted by Gasteiger charge is 2.27. The molecule has 1 atom stereocenters. The number of pyridine rings is 1. The number of anilines is 1. The summed E-state index contributed by atoms with van der Waals surface area (Å²) < 4.78 is 38.0. The highest BCUT2D eigenvalue weighted by molar-refractivity contribution is 7.90. The van der Waals surface area contributed by atoms with E-state index in [4.69, 9.17) is 4.74 Å². The van der Waals surface area contributed by atoms with Crippen LogP contribution in [0.3, 0.4) is 0 Å². The lowest BCUT2D eigenvalue weighted by Crippen LogP contribution is -2.36. The standard InChI is InChI=1S/C37H38N6O7S/c1-2-3-16-28(18-21-33(45)39-24-29-32(20-19-31(44)35(29)46)50-34-17-10-11-22-38-34)43-36(27-14-8-5-9-15-27)40-25-30(37(43)47)42-51(48,49)41-23-26-12-6-4-7-13-26/h4-15,17,19-20,22,25,28,41-42H,2-3,16,18,21,23-24H2,1H3,(H,39,45). The minimum absolute atomic E-state index is 0.0117. The van der Waals surface area contributed by atoms with Crippen LogP contribution in [0.1, 0.15) is 50.6 Å². The molecule has 0 fully saturated rings. The monoisotopic (exact) mass is 710 g/mol. The summed E-state index contributed by atoms with van der Waals surface area (Å²) in [6, 6.07) is 22.4. The third-order valence-electron chi connectivity index (χ3n) is 8.04. The predicted octanol–water partition coefficient (Wildman–Crippen LogP) is 4.42. The van der Waals surface area contributed by atoms with Crippen LogP contribution in [0, 0.1) is 0 Å². The van der Waals surface area contributed by atoms with Crippen LogP contribution in [-0.2, 0) is 31.1 Å². The molecule has 1 aliphatic carbocycles. The van der Waals surface area contributed by atoms with Crippen LogP contribution in [0.5, 0.6) is 5.88 Å². The average molecular weight is 711 g/mol. The van der Waals surface area contributed by atoms with Gasteiger partial charge in [-0.15, -0.1) is 0 Å². The lowest BCUT2D eigenvalue weighted by Gasteiger charge is -2.24. The van der Waals surface area contributed by atoms with Crippen molar-refractivity contribution < 1.29 is 27.5 Å². The second-order valence-electron chi connectivity index (χ2n) is 11.7. The molecule has 1 aliphatic rings. The molecule has 0 aliphatic heterocycles. The number of nitrogens with zero attached hydrogens (tertiary/aromatic N) is 3. The highest BCUT2D eigenvalue weighted by Crippen LogP contribution is 2.27. The van der Waals surface area contributed by atoms with Crippen molar-refractivity contribution in [1.82, 2.24) is 24.6 Å². The van der Waals surface area contributed by atoms with Crippen molar-refractivity contribution >= 4 is 33.4 Å². The van der Waals surface area contributed by atoms with E-state index in [9.17, 15) is 27.6 Å². The third-order valence-corrected chi connectivity index (χ3v) is 9.05. The maximum Gasteiger partial charge on any atom is 0.299 e. The fraction of sp³-hybridized carbons (Fsp3) is 0.243. The van der Waals surface area contributed by atoms with Crippen LogP contribution < -0.4 is 25.1 Å². The smallest absolute Gasteiger partial charge is 0.299 e. The van der Waals surface area contributed by atoms with E-state index in [1.807, 2.05) is 19.1 Å². The van der Waals surface area contributed by atoms with Crippen molar-refractivity contribution in [3.63, 3.8) is 0 Å². The summed E-state index contributed by atoms with van der Waals surface area (Å²) in [7, 11) is -4.16. The molecule has 4 aromatic rings. The zero-order valence-electron chi connectivity index (χ0n) is 27.9. The van der Waals surface area contributed by atoms with Gasteiger partial charge in [0.1, 0.15) is 17.3 Å². The molecule has 0 radical (unpaired) electrons. The van der Waals surface area contributed by atoms with E-state index in [-0.39, 0.29) is 48.8 Å². The Kier molecular flexibility index (Phi) is 12.4. The molecule has 0 saturated carbocycles. The Morgan fingerprint density at radius 3 is 2.31 bits per heavy atom. The van der Waals surface area contributed by atoms with E-state index < -0.39 is 39.3 Å². The number of amides is 1. The molecule has 3 N–H and O–H groups in total. The first kappa shape index (κ1) is 36.5. The molecule has 2 heterocycles. The molecule has 1 amide bonds. The van der Waals surface area contributed by atoms with Crippen molar-refractivity contribution in [2.45, 2.75) is 51.6 Å². The first-order valence-electron chi connectivity index (χ1n) is 16.5. The molecule has 0 saturated heterocycles. The fourth-order valence-corrected chi connectivity index (χ4v) is 6.28. The van der Waals surface area contributed by atoms with Gasteiger partial charge >= 0.3 is 0 Å². The number of hydrogen-bond donors (Lipinski definition) is 3. The number of allylic oxidation sites excluding steroid dienone is 2. The van der Waals surface area contributed by atoms with Crippen molar-refractivity contribution in [2.24, 2.45) is 0 Å². The van der Waals surface area contributed by atoms with E-state index in [0.717, 1.165) is 18.1 Å². The molecule has 0 spiro atoms. The van der Waals surface area contributed by atoms with E-state index >= 15 is 0 Å². The van der Waals surface area contributed by atoms with Gasteiger partial charge in [-0.05, 0) is 36.6 Å². The molecular weight excluding hydrogens is 673 g/mol. The Balaban J connectivity index is 1.37. The SMILES string of the molecule is CCCCC(CCC(=O)NCC1=C(Oc2ccccn2)C=CC(=O)C1=O)n1c(-c2ccccc2)ncc(NS(=O)(=O)NCc2ccccc2)c1=O. The molecule has 1 unspecified atom stereocenters. The normalized spacial score (nSPS) is 13.6. The molecule has 5 rings (SSSR count). The lowest BCUT2D eigenvalue weighted by molar-refractivity contribution is -0.132. The van der Waals surface area contributed by atoms with Gasteiger partial charge in [0.25, 0.3) is 15.8 Å². The number of aromatic nitrogens is 3. The van der Waals surface area contributed by atoms with Gasteiger partial charge in [0, 0.05) is 36.8 Å². The molecule has 51 heavy (non-hydrogen) atoms. The summed E-state index contributed by atoms with van der Waals surface area (Å²) in [6.07, 6.45) is 7.34. The quantitative estimate of drug-likeness (QED) is 0.106. The van der Waals surface area contributed by atoms with Crippen molar-refractivity contribution in [2.75, 3.05) is 11.3 Å². The lowest BCUT2D eigenvalue weighted by atomic mass is 10.00. The molecule has 2 aromatic heterocycles. The zero-order valence-corrected chi connectivity index (χ0v) is 28.8. The van der Waals surface area contributed by atoms with Gasteiger partial charge in [-0.1, -0.05) is 86.5 Å².